The minimum atomic E-state index is 0.674. The average molecular weight is 301 g/mol. The second kappa shape index (κ2) is 5.89. The summed E-state index contributed by atoms with van der Waals surface area (Å²) >= 11 is 0. The minimum absolute atomic E-state index is 0.674. The predicted octanol–water partition coefficient (Wildman–Crippen LogP) is 2.71. The third kappa shape index (κ3) is 3.10. The molecule has 0 bridgehead atoms. The summed E-state index contributed by atoms with van der Waals surface area (Å²) < 4.78 is 10.9. The first kappa shape index (κ1) is 14.0. The van der Waals surface area contributed by atoms with Gasteiger partial charge in [-0.3, -0.25) is 9.80 Å². The predicted molar refractivity (Wildman–Crippen MR) is 82.3 cm³/mol. The van der Waals surface area contributed by atoms with E-state index in [1.54, 1.807) is 6.26 Å². The molecule has 1 aliphatic carbocycles. The highest BCUT2D eigenvalue weighted by Gasteiger charge is 2.36. The maximum absolute atomic E-state index is 6.02. The summed E-state index contributed by atoms with van der Waals surface area (Å²) in [6.07, 6.45) is 2.93. The van der Waals surface area contributed by atoms with Crippen LogP contribution < -0.4 is 0 Å². The third-order valence-corrected chi connectivity index (χ3v) is 4.88. The van der Waals surface area contributed by atoms with Crippen LogP contribution in [0.5, 0.6) is 0 Å². The second-order valence-corrected chi connectivity index (χ2v) is 6.67. The smallest absolute Gasteiger partial charge is 0.124 e. The summed E-state index contributed by atoms with van der Waals surface area (Å²) in [4.78, 5) is 4.89. The molecular weight excluding hydrogens is 278 g/mol. The Hall–Kier alpha value is -1.59. The van der Waals surface area contributed by atoms with Gasteiger partial charge in [-0.2, -0.15) is 0 Å². The molecule has 118 valence electrons. The van der Waals surface area contributed by atoms with Crippen LogP contribution in [0.2, 0.25) is 0 Å². The normalized spacial score (nSPS) is 26.4. The van der Waals surface area contributed by atoms with E-state index in [4.69, 9.17) is 8.94 Å². The van der Waals surface area contributed by atoms with Crippen LogP contribution in [0, 0.1) is 5.92 Å². The SMILES string of the molecule is C[C@@H]1C[C@H]1c1ccc(CN2CCN(Cc3ccon3)CC2)o1. The number of rotatable bonds is 5. The first-order valence-corrected chi connectivity index (χ1v) is 8.20. The maximum Gasteiger partial charge on any atom is 0.124 e. The van der Waals surface area contributed by atoms with Crippen molar-refractivity contribution in [2.24, 2.45) is 5.92 Å². The first-order chi connectivity index (χ1) is 10.8. The van der Waals surface area contributed by atoms with E-state index in [1.165, 1.54) is 12.2 Å². The zero-order chi connectivity index (χ0) is 14.9. The van der Waals surface area contributed by atoms with Crippen LogP contribution in [0.4, 0.5) is 0 Å². The molecule has 4 rings (SSSR count). The molecule has 5 nitrogen and oxygen atoms in total. The summed E-state index contributed by atoms with van der Waals surface area (Å²) in [7, 11) is 0. The van der Waals surface area contributed by atoms with Crippen LogP contribution in [0.3, 0.4) is 0 Å². The molecule has 0 aromatic carbocycles. The zero-order valence-corrected chi connectivity index (χ0v) is 13.1. The highest BCUT2D eigenvalue weighted by molar-refractivity contribution is 5.17. The van der Waals surface area contributed by atoms with Crippen LogP contribution >= 0.6 is 0 Å². The lowest BCUT2D eigenvalue weighted by Crippen LogP contribution is -2.45. The van der Waals surface area contributed by atoms with E-state index in [2.05, 4.69) is 34.0 Å². The molecule has 2 aromatic rings. The summed E-state index contributed by atoms with van der Waals surface area (Å²) in [5.74, 6) is 3.78. The molecular formula is C17H23N3O2. The van der Waals surface area contributed by atoms with Crippen molar-refractivity contribution in [3.05, 3.63) is 41.7 Å². The standard InChI is InChI=1S/C17H23N3O2/c1-13-10-16(13)17-3-2-15(22-17)12-20-7-5-19(6-8-20)11-14-4-9-21-18-14/h2-4,9,13,16H,5-8,10-12H2,1H3/t13-,16-/m1/s1. The minimum Gasteiger partial charge on any atom is -0.464 e. The molecule has 2 atom stereocenters. The molecule has 3 heterocycles. The molecule has 0 amide bonds. The van der Waals surface area contributed by atoms with Gasteiger partial charge in [-0.15, -0.1) is 0 Å². The van der Waals surface area contributed by atoms with E-state index in [9.17, 15) is 0 Å². The quantitative estimate of drug-likeness (QED) is 0.849. The Morgan fingerprint density at radius 1 is 1.09 bits per heavy atom. The summed E-state index contributed by atoms with van der Waals surface area (Å²) in [5, 5.41) is 3.98. The van der Waals surface area contributed by atoms with Crippen molar-refractivity contribution in [2.75, 3.05) is 26.2 Å². The van der Waals surface area contributed by atoms with Gasteiger partial charge in [0.1, 0.15) is 17.8 Å². The fraction of sp³-hybridized carbons (Fsp3) is 0.588. The molecule has 1 saturated carbocycles. The molecule has 1 saturated heterocycles. The van der Waals surface area contributed by atoms with Crippen LogP contribution in [0.15, 0.2) is 33.4 Å². The lowest BCUT2D eigenvalue weighted by atomic mass is 10.2. The summed E-state index contributed by atoms with van der Waals surface area (Å²) in [6.45, 7) is 8.40. The summed E-state index contributed by atoms with van der Waals surface area (Å²) in [5.41, 5.74) is 1.02. The van der Waals surface area contributed by atoms with Gasteiger partial charge in [-0.1, -0.05) is 12.1 Å². The van der Waals surface area contributed by atoms with Crippen LogP contribution in [0.25, 0.3) is 0 Å². The van der Waals surface area contributed by atoms with Crippen molar-refractivity contribution in [1.82, 2.24) is 15.0 Å². The highest BCUT2D eigenvalue weighted by atomic mass is 16.5. The number of nitrogens with zero attached hydrogens (tertiary/aromatic N) is 3. The van der Waals surface area contributed by atoms with Gasteiger partial charge in [0.25, 0.3) is 0 Å². The van der Waals surface area contributed by atoms with Crippen molar-refractivity contribution in [3.8, 4) is 0 Å². The number of aromatic nitrogens is 1. The van der Waals surface area contributed by atoms with Gasteiger partial charge in [0.05, 0.1) is 12.2 Å². The van der Waals surface area contributed by atoms with Gasteiger partial charge >= 0.3 is 0 Å². The van der Waals surface area contributed by atoms with Gasteiger partial charge in [0.2, 0.25) is 0 Å². The Balaban J connectivity index is 1.26. The molecule has 2 fully saturated rings. The van der Waals surface area contributed by atoms with Crippen molar-refractivity contribution < 1.29 is 8.94 Å². The average Bonchev–Trinajstić information content (AvgIpc) is 2.95. The van der Waals surface area contributed by atoms with Crippen LogP contribution in [0.1, 0.15) is 36.5 Å². The topological polar surface area (TPSA) is 45.7 Å². The van der Waals surface area contributed by atoms with E-state index in [0.717, 1.165) is 56.6 Å². The molecule has 0 unspecified atom stereocenters. The van der Waals surface area contributed by atoms with Gasteiger partial charge < -0.3 is 8.94 Å². The molecule has 0 N–H and O–H groups in total. The molecule has 1 aliphatic heterocycles. The Kier molecular flexibility index (Phi) is 3.76. The Morgan fingerprint density at radius 2 is 1.82 bits per heavy atom. The lowest BCUT2D eigenvalue weighted by molar-refractivity contribution is 0.114. The zero-order valence-electron chi connectivity index (χ0n) is 13.1. The molecule has 22 heavy (non-hydrogen) atoms. The van der Waals surface area contributed by atoms with E-state index in [0.29, 0.717) is 5.92 Å². The van der Waals surface area contributed by atoms with Gasteiger partial charge in [-0.25, -0.2) is 0 Å². The number of piperazine rings is 1. The van der Waals surface area contributed by atoms with Crippen LogP contribution in [-0.2, 0) is 13.1 Å². The van der Waals surface area contributed by atoms with E-state index < -0.39 is 0 Å². The van der Waals surface area contributed by atoms with E-state index >= 15 is 0 Å². The fourth-order valence-electron chi connectivity index (χ4n) is 3.27. The number of hydrogen-bond acceptors (Lipinski definition) is 5. The van der Waals surface area contributed by atoms with E-state index in [-0.39, 0.29) is 0 Å². The summed E-state index contributed by atoms with van der Waals surface area (Å²) in [6, 6.07) is 6.27. The van der Waals surface area contributed by atoms with Crippen molar-refractivity contribution in [1.29, 1.82) is 0 Å². The van der Waals surface area contributed by atoms with Gasteiger partial charge in [-0.05, 0) is 24.5 Å². The third-order valence-electron chi connectivity index (χ3n) is 4.88. The number of furan rings is 1. The Labute approximate surface area is 130 Å². The second-order valence-electron chi connectivity index (χ2n) is 6.67. The Bertz CT molecular complexity index is 599. The van der Waals surface area contributed by atoms with Crippen molar-refractivity contribution in [2.45, 2.75) is 32.4 Å². The number of hydrogen-bond donors (Lipinski definition) is 0. The van der Waals surface area contributed by atoms with Gasteiger partial charge in [0.15, 0.2) is 0 Å². The molecule has 2 aliphatic rings. The van der Waals surface area contributed by atoms with Crippen molar-refractivity contribution >= 4 is 0 Å². The van der Waals surface area contributed by atoms with Crippen LogP contribution in [-0.4, -0.2) is 41.1 Å². The maximum atomic E-state index is 6.02. The molecule has 0 spiro atoms. The largest absolute Gasteiger partial charge is 0.464 e. The van der Waals surface area contributed by atoms with E-state index in [1.807, 2.05) is 6.07 Å². The molecule has 0 radical (unpaired) electrons. The first-order valence-electron chi connectivity index (χ1n) is 8.20. The highest BCUT2D eigenvalue weighted by Crippen LogP contribution is 2.47. The Morgan fingerprint density at radius 3 is 2.45 bits per heavy atom. The monoisotopic (exact) mass is 301 g/mol. The lowest BCUT2D eigenvalue weighted by Gasteiger charge is -2.33. The fourth-order valence-corrected chi connectivity index (χ4v) is 3.27. The van der Waals surface area contributed by atoms with Crippen molar-refractivity contribution in [3.63, 3.8) is 0 Å². The molecule has 2 aromatic heterocycles. The molecule has 5 heteroatoms. The van der Waals surface area contributed by atoms with Gasteiger partial charge in [0, 0.05) is 44.7 Å².